The van der Waals surface area contributed by atoms with E-state index in [1.54, 1.807) is 24.3 Å². The minimum atomic E-state index is -0.621. The molecule has 0 spiro atoms. The lowest BCUT2D eigenvalue weighted by Crippen LogP contribution is -2.39. The molecule has 1 rings (SSSR count). The maximum atomic E-state index is 10.2. The first kappa shape index (κ1) is 16.3. The van der Waals surface area contributed by atoms with Crippen LogP contribution in [0.25, 0.3) is 0 Å². The van der Waals surface area contributed by atoms with Crippen molar-refractivity contribution >= 4 is 11.6 Å². The molecule has 19 heavy (non-hydrogen) atoms. The number of alkyl halides is 1. The smallest absolute Gasteiger partial charge is 0.115 e. The van der Waals surface area contributed by atoms with Crippen molar-refractivity contribution in [3.8, 4) is 5.75 Å². The second-order valence-electron chi connectivity index (χ2n) is 6.07. The summed E-state index contributed by atoms with van der Waals surface area (Å²) in [7, 11) is 0. The molecule has 0 aliphatic carbocycles. The van der Waals surface area contributed by atoms with Gasteiger partial charge in [-0.05, 0) is 30.0 Å². The number of phenols is 1. The van der Waals surface area contributed by atoms with Crippen molar-refractivity contribution in [2.45, 2.75) is 45.2 Å². The van der Waals surface area contributed by atoms with Crippen molar-refractivity contribution in [3.05, 3.63) is 29.8 Å². The van der Waals surface area contributed by atoms with E-state index >= 15 is 0 Å². The molecule has 3 unspecified atom stereocenters. The molecule has 0 radical (unpaired) electrons. The summed E-state index contributed by atoms with van der Waals surface area (Å²) in [6.45, 7) is 8.83. The summed E-state index contributed by atoms with van der Waals surface area (Å²) in [6, 6.07) is 6.49. The average molecular weight is 286 g/mol. The predicted octanol–water partition coefficient (Wildman–Crippen LogP) is 3.06. The van der Waals surface area contributed by atoms with Gasteiger partial charge < -0.3 is 15.5 Å². The van der Waals surface area contributed by atoms with E-state index in [1.165, 1.54) is 0 Å². The largest absolute Gasteiger partial charge is 0.508 e. The number of aliphatic hydroxyl groups excluding tert-OH is 1. The summed E-state index contributed by atoms with van der Waals surface area (Å²) in [5.74, 6) is 0.199. The Bertz CT molecular complexity index is 386. The molecule has 0 bridgehead atoms. The van der Waals surface area contributed by atoms with Gasteiger partial charge in [-0.15, -0.1) is 11.6 Å². The highest BCUT2D eigenvalue weighted by Crippen LogP contribution is 2.24. The van der Waals surface area contributed by atoms with E-state index in [-0.39, 0.29) is 22.6 Å². The first-order chi connectivity index (χ1) is 8.71. The summed E-state index contributed by atoms with van der Waals surface area (Å²) in [6.07, 6.45) is -0.621. The number of benzene rings is 1. The number of phenolic OH excluding ortho intramolecular Hbond substituents is 1. The van der Waals surface area contributed by atoms with Gasteiger partial charge in [0, 0.05) is 12.6 Å². The van der Waals surface area contributed by atoms with Gasteiger partial charge in [-0.1, -0.05) is 32.9 Å². The quantitative estimate of drug-likeness (QED) is 0.729. The molecule has 0 heterocycles. The molecule has 0 saturated carbocycles. The fraction of sp³-hybridized carbons (Fsp3) is 0.600. The van der Waals surface area contributed by atoms with Gasteiger partial charge in [0.1, 0.15) is 5.75 Å². The van der Waals surface area contributed by atoms with Gasteiger partial charge in [-0.25, -0.2) is 0 Å². The van der Waals surface area contributed by atoms with Gasteiger partial charge in [0.25, 0.3) is 0 Å². The first-order valence-corrected chi connectivity index (χ1v) is 7.00. The monoisotopic (exact) mass is 285 g/mol. The second-order valence-corrected chi connectivity index (χ2v) is 6.59. The number of halogens is 1. The number of hydrogen-bond donors (Lipinski definition) is 3. The van der Waals surface area contributed by atoms with Crippen LogP contribution in [-0.2, 0) is 0 Å². The van der Waals surface area contributed by atoms with Crippen LogP contribution in [0.15, 0.2) is 24.3 Å². The van der Waals surface area contributed by atoms with Gasteiger partial charge in [0.15, 0.2) is 0 Å². The zero-order valence-corrected chi connectivity index (χ0v) is 12.8. The van der Waals surface area contributed by atoms with E-state index in [0.717, 1.165) is 5.56 Å². The van der Waals surface area contributed by atoms with E-state index in [1.807, 2.05) is 6.92 Å². The van der Waals surface area contributed by atoms with Crippen LogP contribution in [0.2, 0.25) is 0 Å². The number of hydrogen-bond acceptors (Lipinski definition) is 3. The number of aliphatic hydroxyl groups is 1. The molecule has 108 valence electrons. The fourth-order valence-corrected chi connectivity index (χ4v) is 1.76. The lowest BCUT2D eigenvalue weighted by atomic mass is 9.91. The van der Waals surface area contributed by atoms with Crippen molar-refractivity contribution in [2.24, 2.45) is 5.41 Å². The van der Waals surface area contributed by atoms with Crippen LogP contribution in [-0.4, -0.2) is 28.2 Å². The van der Waals surface area contributed by atoms with E-state index < -0.39 is 6.10 Å². The van der Waals surface area contributed by atoms with E-state index in [9.17, 15) is 10.2 Å². The van der Waals surface area contributed by atoms with Crippen molar-refractivity contribution < 1.29 is 10.2 Å². The summed E-state index contributed by atoms with van der Waals surface area (Å²) < 4.78 is 0. The third-order valence-electron chi connectivity index (χ3n) is 3.27. The second kappa shape index (κ2) is 6.60. The van der Waals surface area contributed by atoms with E-state index in [4.69, 9.17) is 11.6 Å². The molecule has 0 fully saturated rings. The van der Waals surface area contributed by atoms with Crippen LogP contribution in [0.3, 0.4) is 0 Å². The Labute approximate surface area is 120 Å². The molecule has 0 saturated heterocycles. The highest BCUT2D eigenvalue weighted by atomic mass is 35.5. The van der Waals surface area contributed by atoms with Gasteiger partial charge in [-0.2, -0.15) is 0 Å². The van der Waals surface area contributed by atoms with Crippen LogP contribution in [0, 0.1) is 5.41 Å². The molecule has 3 atom stereocenters. The van der Waals surface area contributed by atoms with E-state index in [0.29, 0.717) is 6.54 Å². The minimum absolute atomic E-state index is 0.00182. The van der Waals surface area contributed by atoms with Crippen LogP contribution in [0.4, 0.5) is 0 Å². The third-order valence-corrected chi connectivity index (χ3v) is 4.08. The molecule has 0 aliphatic rings. The van der Waals surface area contributed by atoms with Crippen LogP contribution in [0.1, 0.15) is 39.4 Å². The van der Waals surface area contributed by atoms with E-state index in [2.05, 4.69) is 26.1 Å². The van der Waals surface area contributed by atoms with Crippen molar-refractivity contribution in [3.63, 3.8) is 0 Å². The molecular weight excluding hydrogens is 262 g/mol. The van der Waals surface area contributed by atoms with Gasteiger partial charge in [0.05, 0.1) is 11.5 Å². The van der Waals surface area contributed by atoms with Crippen molar-refractivity contribution in [1.82, 2.24) is 5.32 Å². The molecule has 1 aromatic carbocycles. The van der Waals surface area contributed by atoms with Crippen molar-refractivity contribution in [2.75, 3.05) is 6.54 Å². The highest BCUT2D eigenvalue weighted by molar-refractivity contribution is 6.21. The first-order valence-electron chi connectivity index (χ1n) is 6.56. The Balaban J connectivity index is 2.53. The number of nitrogens with one attached hydrogen (secondary N) is 1. The maximum Gasteiger partial charge on any atom is 0.115 e. The number of rotatable bonds is 5. The molecule has 0 amide bonds. The fourth-order valence-electron chi connectivity index (χ4n) is 1.67. The molecule has 1 aromatic rings. The van der Waals surface area contributed by atoms with Gasteiger partial charge >= 0.3 is 0 Å². The van der Waals surface area contributed by atoms with Crippen LogP contribution < -0.4 is 5.32 Å². The molecule has 0 aliphatic heterocycles. The summed E-state index contributed by atoms with van der Waals surface area (Å²) >= 11 is 6.30. The predicted molar refractivity (Wildman–Crippen MR) is 79.6 cm³/mol. The van der Waals surface area contributed by atoms with Crippen LogP contribution >= 0.6 is 11.6 Å². The third kappa shape index (κ3) is 5.01. The summed E-state index contributed by atoms with van der Waals surface area (Å²) in [4.78, 5) is 0. The Kier molecular flexibility index (Phi) is 5.65. The normalized spacial score (nSPS) is 16.9. The maximum absolute atomic E-state index is 10.2. The topological polar surface area (TPSA) is 52.5 Å². The molecule has 0 aromatic heterocycles. The number of aromatic hydroxyl groups is 1. The van der Waals surface area contributed by atoms with Gasteiger partial charge in [-0.3, -0.25) is 0 Å². The Hall–Kier alpha value is -0.770. The average Bonchev–Trinajstić information content (AvgIpc) is 2.34. The van der Waals surface area contributed by atoms with Gasteiger partial charge in [0.2, 0.25) is 0 Å². The SMILES string of the molecule is CC(NCC(Cl)C(C)(C)C)C(O)c1ccc(O)cc1. The Morgan fingerprint density at radius 3 is 2.21 bits per heavy atom. The minimum Gasteiger partial charge on any atom is -0.508 e. The lowest BCUT2D eigenvalue weighted by molar-refractivity contribution is 0.134. The summed E-state index contributed by atoms with van der Waals surface area (Å²) in [5.41, 5.74) is 0.803. The summed E-state index contributed by atoms with van der Waals surface area (Å²) in [5, 5.41) is 22.7. The molecular formula is C15H24ClNO2. The molecule has 4 heteroatoms. The Morgan fingerprint density at radius 2 is 1.74 bits per heavy atom. The lowest BCUT2D eigenvalue weighted by Gasteiger charge is -2.28. The Morgan fingerprint density at radius 1 is 1.21 bits per heavy atom. The highest BCUT2D eigenvalue weighted by Gasteiger charge is 2.24. The van der Waals surface area contributed by atoms with Crippen molar-refractivity contribution in [1.29, 1.82) is 0 Å². The standard InChI is InChI=1S/C15H24ClNO2/c1-10(17-9-13(16)15(2,3)4)14(19)11-5-7-12(18)8-6-11/h5-8,10,13-14,17-19H,9H2,1-4H3. The van der Waals surface area contributed by atoms with Crippen LogP contribution in [0.5, 0.6) is 5.75 Å². The zero-order valence-electron chi connectivity index (χ0n) is 12.0. The molecule has 3 N–H and O–H groups in total. The molecule has 3 nitrogen and oxygen atoms in total. The zero-order chi connectivity index (χ0) is 14.6.